The Morgan fingerprint density at radius 3 is 1.97 bits per heavy atom. The lowest BCUT2D eigenvalue weighted by molar-refractivity contribution is -0.145. The Hall–Kier alpha value is -2.20. The minimum atomic E-state index is -1.49. The second kappa shape index (κ2) is 11.8. The Kier molecular flexibility index (Phi) is 10.2. The normalized spacial score (nSPS) is 21.2. The van der Waals surface area contributed by atoms with Gasteiger partial charge in [-0.25, -0.2) is 4.79 Å². The van der Waals surface area contributed by atoms with E-state index in [1.165, 1.54) is 6.92 Å². The molecule has 1 fully saturated rings. The van der Waals surface area contributed by atoms with Crippen molar-refractivity contribution in [3.05, 3.63) is 0 Å². The third kappa shape index (κ3) is 7.24. The van der Waals surface area contributed by atoms with Crippen molar-refractivity contribution >= 4 is 23.7 Å². The van der Waals surface area contributed by atoms with E-state index in [1.807, 2.05) is 6.92 Å². The number of aliphatic hydroxyl groups excluding tert-OH is 1. The van der Waals surface area contributed by atoms with Crippen molar-refractivity contribution in [1.82, 2.24) is 21.3 Å². The lowest BCUT2D eigenvalue weighted by atomic mass is 9.96. The summed E-state index contributed by atoms with van der Waals surface area (Å²) < 4.78 is 0. The number of rotatable bonds is 11. The molecule has 0 aromatic rings. The first-order valence-electron chi connectivity index (χ1n) is 10.5. The Balaban J connectivity index is 2.92. The van der Waals surface area contributed by atoms with Crippen LogP contribution < -0.4 is 21.3 Å². The second-order valence-corrected chi connectivity index (χ2v) is 8.32. The SMILES string of the molecule is CCC(C)C(NC(=O)C(NC(=O)C1CCCN1)C(C)C)C(=O)NC(C(=O)O)C(C)O. The van der Waals surface area contributed by atoms with Gasteiger partial charge in [0.2, 0.25) is 17.7 Å². The highest BCUT2D eigenvalue weighted by atomic mass is 16.4. The van der Waals surface area contributed by atoms with Crippen molar-refractivity contribution in [3.8, 4) is 0 Å². The van der Waals surface area contributed by atoms with E-state index >= 15 is 0 Å². The summed E-state index contributed by atoms with van der Waals surface area (Å²) in [7, 11) is 0. The van der Waals surface area contributed by atoms with Gasteiger partial charge < -0.3 is 31.5 Å². The third-order valence-corrected chi connectivity index (χ3v) is 5.46. The standard InChI is InChI=1S/C20H36N4O6/c1-6-11(4)15(19(28)24-16(12(5)25)20(29)30)23-18(27)14(10(2)3)22-17(26)13-8-7-9-21-13/h10-16,21,25H,6-9H2,1-5H3,(H,22,26)(H,23,27)(H,24,28)(H,29,30). The Labute approximate surface area is 177 Å². The minimum Gasteiger partial charge on any atom is -0.480 e. The van der Waals surface area contributed by atoms with Crippen LogP contribution in [0.15, 0.2) is 0 Å². The fourth-order valence-corrected chi connectivity index (χ4v) is 3.27. The van der Waals surface area contributed by atoms with E-state index in [0.29, 0.717) is 12.8 Å². The first-order valence-corrected chi connectivity index (χ1v) is 10.5. The second-order valence-electron chi connectivity index (χ2n) is 8.32. The number of hydrogen-bond acceptors (Lipinski definition) is 6. The molecule has 1 aliphatic heterocycles. The molecule has 6 unspecified atom stereocenters. The maximum absolute atomic E-state index is 12.9. The molecule has 10 nitrogen and oxygen atoms in total. The molecule has 1 heterocycles. The molecule has 172 valence electrons. The Morgan fingerprint density at radius 1 is 0.967 bits per heavy atom. The van der Waals surface area contributed by atoms with Crippen LogP contribution in [0.3, 0.4) is 0 Å². The van der Waals surface area contributed by atoms with E-state index in [4.69, 9.17) is 0 Å². The average molecular weight is 429 g/mol. The number of hydrogen-bond donors (Lipinski definition) is 6. The van der Waals surface area contributed by atoms with Crippen molar-refractivity contribution < 1.29 is 29.4 Å². The Morgan fingerprint density at radius 2 is 1.53 bits per heavy atom. The van der Waals surface area contributed by atoms with E-state index in [2.05, 4.69) is 21.3 Å². The highest BCUT2D eigenvalue weighted by Crippen LogP contribution is 2.12. The number of aliphatic carboxylic acids is 1. The van der Waals surface area contributed by atoms with Crippen molar-refractivity contribution in [3.63, 3.8) is 0 Å². The van der Waals surface area contributed by atoms with Gasteiger partial charge in [0.15, 0.2) is 6.04 Å². The number of aliphatic hydroxyl groups is 1. The summed E-state index contributed by atoms with van der Waals surface area (Å²) >= 11 is 0. The first-order chi connectivity index (χ1) is 14.0. The van der Waals surface area contributed by atoms with Crippen LogP contribution in [0.1, 0.15) is 53.9 Å². The van der Waals surface area contributed by atoms with Crippen molar-refractivity contribution in [2.24, 2.45) is 11.8 Å². The van der Waals surface area contributed by atoms with Gasteiger partial charge >= 0.3 is 5.97 Å². The van der Waals surface area contributed by atoms with Crippen LogP contribution in [0.5, 0.6) is 0 Å². The number of carboxylic acids is 1. The summed E-state index contributed by atoms with van der Waals surface area (Å²) in [6.07, 6.45) is 0.837. The van der Waals surface area contributed by atoms with Gasteiger partial charge in [0.25, 0.3) is 0 Å². The lowest BCUT2D eigenvalue weighted by Gasteiger charge is -2.29. The minimum absolute atomic E-state index is 0.222. The molecule has 0 aromatic heterocycles. The summed E-state index contributed by atoms with van der Waals surface area (Å²) in [5.74, 6) is -3.36. The molecule has 1 aliphatic rings. The van der Waals surface area contributed by atoms with Gasteiger partial charge in [-0.15, -0.1) is 0 Å². The van der Waals surface area contributed by atoms with Crippen LogP contribution in [0.25, 0.3) is 0 Å². The summed E-state index contributed by atoms with van der Waals surface area (Å²) in [5, 5.41) is 29.6. The van der Waals surface area contributed by atoms with Crippen molar-refractivity contribution in [1.29, 1.82) is 0 Å². The fourth-order valence-electron chi connectivity index (χ4n) is 3.27. The zero-order chi connectivity index (χ0) is 23.0. The molecule has 1 rings (SSSR count). The number of nitrogens with one attached hydrogen (secondary N) is 4. The molecule has 3 amide bonds. The molecule has 0 aliphatic carbocycles. The van der Waals surface area contributed by atoms with E-state index in [0.717, 1.165) is 13.0 Å². The van der Waals surface area contributed by atoms with Gasteiger partial charge in [0.1, 0.15) is 12.1 Å². The van der Waals surface area contributed by atoms with Crippen molar-refractivity contribution in [2.45, 2.75) is 84.2 Å². The van der Waals surface area contributed by atoms with Gasteiger partial charge in [0.05, 0.1) is 12.1 Å². The van der Waals surface area contributed by atoms with Gasteiger partial charge in [-0.3, -0.25) is 14.4 Å². The van der Waals surface area contributed by atoms with Crippen LogP contribution >= 0.6 is 0 Å². The largest absolute Gasteiger partial charge is 0.480 e. The third-order valence-electron chi connectivity index (χ3n) is 5.46. The van der Waals surface area contributed by atoms with Gasteiger partial charge in [0, 0.05) is 0 Å². The number of amides is 3. The highest BCUT2D eigenvalue weighted by Gasteiger charge is 2.35. The zero-order valence-corrected chi connectivity index (χ0v) is 18.4. The predicted molar refractivity (Wildman–Crippen MR) is 110 cm³/mol. The summed E-state index contributed by atoms with van der Waals surface area (Å²) in [6.45, 7) is 9.19. The number of carbonyl (C=O) groups excluding carboxylic acids is 3. The fraction of sp³-hybridized carbons (Fsp3) is 0.800. The lowest BCUT2D eigenvalue weighted by Crippen LogP contribution is -2.60. The van der Waals surface area contributed by atoms with Gasteiger partial charge in [-0.05, 0) is 38.1 Å². The summed E-state index contributed by atoms with van der Waals surface area (Å²) in [6, 6.07) is -3.68. The Bertz CT molecular complexity index is 618. The van der Waals surface area contributed by atoms with E-state index in [9.17, 15) is 29.4 Å². The molecular weight excluding hydrogens is 392 g/mol. The molecule has 0 aromatic carbocycles. The van der Waals surface area contributed by atoms with Crippen LogP contribution in [0.4, 0.5) is 0 Å². The quantitative estimate of drug-likeness (QED) is 0.255. The number of carboxylic acid groups (broad SMARTS) is 1. The van der Waals surface area contributed by atoms with Crippen LogP contribution in [-0.4, -0.2) is 70.7 Å². The van der Waals surface area contributed by atoms with Gasteiger partial charge in [-0.1, -0.05) is 34.1 Å². The number of carbonyl (C=O) groups is 4. The van der Waals surface area contributed by atoms with E-state index < -0.39 is 42.0 Å². The molecule has 30 heavy (non-hydrogen) atoms. The van der Waals surface area contributed by atoms with Gasteiger partial charge in [-0.2, -0.15) is 0 Å². The van der Waals surface area contributed by atoms with Crippen molar-refractivity contribution in [2.75, 3.05) is 6.54 Å². The molecule has 0 radical (unpaired) electrons. The first kappa shape index (κ1) is 25.8. The average Bonchev–Trinajstić information content (AvgIpc) is 3.21. The zero-order valence-electron chi connectivity index (χ0n) is 18.4. The monoisotopic (exact) mass is 428 g/mol. The van der Waals surface area contributed by atoms with Crippen LogP contribution in [0, 0.1) is 11.8 Å². The molecule has 1 saturated heterocycles. The van der Waals surface area contributed by atoms with E-state index in [-0.39, 0.29) is 23.8 Å². The maximum atomic E-state index is 12.9. The molecule has 0 saturated carbocycles. The smallest absolute Gasteiger partial charge is 0.328 e. The molecule has 6 N–H and O–H groups in total. The predicted octanol–water partition coefficient (Wildman–Crippen LogP) is -0.640. The molecule has 10 heteroatoms. The topological polar surface area (TPSA) is 157 Å². The highest BCUT2D eigenvalue weighted by molar-refractivity contribution is 5.94. The summed E-state index contributed by atoms with van der Waals surface area (Å²) in [4.78, 5) is 49.4. The molecule has 0 bridgehead atoms. The maximum Gasteiger partial charge on any atom is 0.328 e. The van der Waals surface area contributed by atoms with Crippen LogP contribution in [-0.2, 0) is 19.2 Å². The summed E-state index contributed by atoms with van der Waals surface area (Å²) in [5.41, 5.74) is 0. The molecule has 6 atom stereocenters. The molecular formula is C20H36N4O6. The van der Waals surface area contributed by atoms with E-state index in [1.54, 1.807) is 20.8 Å². The van der Waals surface area contributed by atoms with Crippen LogP contribution in [0.2, 0.25) is 0 Å². The molecule has 0 spiro atoms.